The minimum absolute atomic E-state index is 0.0256. The molecule has 0 radical (unpaired) electrons. The highest BCUT2D eigenvalue weighted by Gasteiger charge is 2.19. The van der Waals surface area contributed by atoms with E-state index in [2.05, 4.69) is 15.7 Å². The molecule has 1 aromatic heterocycles. The van der Waals surface area contributed by atoms with E-state index in [4.69, 9.17) is 4.74 Å². The van der Waals surface area contributed by atoms with Crippen LogP contribution in [0.15, 0.2) is 79.0 Å². The van der Waals surface area contributed by atoms with Gasteiger partial charge in [0.15, 0.2) is 17.3 Å². The molecule has 0 aliphatic heterocycles. The monoisotopic (exact) mass is 476 g/mol. The Hall–Kier alpha value is -4.53. The number of para-hydroxylation sites is 1. The topological polar surface area (TPSA) is 85.2 Å². The molecule has 2 N–H and O–H groups in total. The number of benzene rings is 3. The van der Waals surface area contributed by atoms with E-state index in [1.807, 2.05) is 13.0 Å². The Morgan fingerprint density at radius 3 is 2.49 bits per heavy atom. The highest BCUT2D eigenvalue weighted by Crippen LogP contribution is 2.21. The fraction of sp³-hybridized carbons (Fsp3) is 0.115. The van der Waals surface area contributed by atoms with Crippen LogP contribution in [0, 0.1) is 11.6 Å². The summed E-state index contributed by atoms with van der Waals surface area (Å²) in [7, 11) is 0. The Bertz CT molecular complexity index is 1360. The van der Waals surface area contributed by atoms with Crippen LogP contribution in [-0.2, 0) is 13.2 Å². The Kier molecular flexibility index (Phi) is 7.15. The van der Waals surface area contributed by atoms with Gasteiger partial charge in [0, 0.05) is 30.1 Å². The number of carbonyl (C=O) groups excluding carboxylic acids is 2. The van der Waals surface area contributed by atoms with Gasteiger partial charge >= 0.3 is 0 Å². The third-order valence-corrected chi connectivity index (χ3v) is 5.06. The Morgan fingerprint density at radius 2 is 1.74 bits per heavy atom. The maximum Gasteiger partial charge on any atom is 0.278 e. The van der Waals surface area contributed by atoms with Gasteiger partial charge in [-0.3, -0.25) is 14.3 Å². The van der Waals surface area contributed by atoms with Gasteiger partial charge in [0.1, 0.15) is 12.4 Å². The zero-order chi connectivity index (χ0) is 24.8. The van der Waals surface area contributed by atoms with E-state index in [0.29, 0.717) is 23.4 Å². The number of hydrogen-bond acceptors (Lipinski definition) is 4. The first-order valence-corrected chi connectivity index (χ1v) is 10.8. The van der Waals surface area contributed by atoms with Gasteiger partial charge in [0.2, 0.25) is 0 Å². The van der Waals surface area contributed by atoms with Crippen molar-refractivity contribution in [2.24, 2.45) is 0 Å². The number of nitrogens with zero attached hydrogens (tertiary/aromatic N) is 2. The molecule has 4 rings (SSSR count). The van der Waals surface area contributed by atoms with Crippen molar-refractivity contribution in [2.75, 3.05) is 10.6 Å². The standard InChI is InChI=1S/C26H22F2N4O3/c1-2-32-15-22(24(31-32)26(34)29-20-9-4-3-5-10-20)30-25(33)18-8-6-7-17(13-18)16-35-23-12-11-19(27)14-21(23)28/h3-15H,2,16H2,1H3,(H,29,34)(H,30,33). The third-order valence-electron chi connectivity index (χ3n) is 5.06. The largest absolute Gasteiger partial charge is 0.486 e. The zero-order valence-corrected chi connectivity index (χ0v) is 18.8. The molecule has 0 aliphatic rings. The van der Waals surface area contributed by atoms with Crippen molar-refractivity contribution in [1.82, 2.24) is 9.78 Å². The van der Waals surface area contributed by atoms with Crippen molar-refractivity contribution in [3.05, 3.63) is 107 Å². The molecular formula is C26H22F2N4O3. The van der Waals surface area contributed by atoms with Crippen molar-refractivity contribution >= 4 is 23.2 Å². The fourth-order valence-electron chi connectivity index (χ4n) is 3.30. The molecular weight excluding hydrogens is 454 g/mol. The molecule has 1 heterocycles. The number of carbonyl (C=O) groups is 2. The zero-order valence-electron chi connectivity index (χ0n) is 18.8. The van der Waals surface area contributed by atoms with Crippen LogP contribution >= 0.6 is 0 Å². The molecule has 9 heteroatoms. The van der Waals surface area contributed by atoms with E-state index in [-0.39, 0.29) is 23.7 Å². The van der Waals surface area contributed by atoms with Crippen LogP contribution < -0.4 is 15.4 Å². The summed E-state index contributed by atoms with van der Waals surface area (Å²) in [6.07, 6.45) is 1.59. The fourth-order valence-corrected chi connectivity index (χ4v) is 3.30. The van der Waals surface area contributed by atoms with Crippen molar-refractivity contribution in [2.45, 2.75) is 20.1 Å². The smallest absolute Gasteiger partial charge is 0.278 e. The molecule has 0 aliphatic carbocycles. The van der Waals surface area contributed by atoms with E-state index in [0.717, 1.165) is 12.1 Å². The van der Waals surface area contributed by atoms with Gasteiger partial charge in [-0.1, -0.05) is 30.3 Å². The molecule has 0 saturated heterocycles. The molecule has 4 aromatic rings. The predicted octanol–water partition coefficient (Wildman–Crippen LogP) is 5.26. The number of halogens is 2. The molecule has 35 heavy (non-hydrogen) atoms. The van der Waals surface area contributed by atoms with Crippen molar-refractivity contribution < 1.29 is 23.1 Å². The van der Waals surface area contributed by atoms with Gasteiger partial charge in [-0.05, 0) is 48.9 Å². The second-order valence-electron chi connectivity index (χ2n) is 7.59. The lowest BCUT2D eigenvalue weighted by Crippen LogP contribution is -2.18. The summed E-state index contributed by atoms with van der Waals surface area (Å²) in [5, 5.41) is 9.77. The minimum atomic E-state index is -0.812. The number of ether oxygens (including phenoxy) is 1. The average Bonchev–Trinajstić information content (AvgIpc) is 3.27. The minimum Gasteiger partial charge on any atom is -0.486 e. The summed E-state index contributed by atoms with van der Waals surface area (Å²) in [5.74, 6) is -2.52. The van der Waals surface area contributed by atoms with Gasteiger partial charge in [-0.25, -0.2) is 8.78 Å². The predicted molar refractivity (Wildman–Crippen MR) is 127 cm³/mol. The van der Waals surface area contributed by atoms with Gasteiger partial charge in [0.25, 0.3) is 11.8 Å². The maximum atomic E-state index is 13.8. The van der Waals surface area contributed by atoms with E-state index in [9.17, 15) is 18.4 Å². The summed E-state index contributed by atoms with van der Waals surface area (Å²) in [4.78, 5) is 25.7. The number of anilines is 2. The number of nitrogens with one attached hydrogen (secondary N) is 2. The third kappa shape index (κ3) is 5.89. The van der Waals surface area contributed by atoms with Crippen molar-refractivity contribution in [1.29, 1.82) is 0 Å². The highest BCUT2D eigenvalue weighted by molar-refractivity contribution is 6.11. The Balaban J connectivity index is 1.47. The van der Waals surface area contributed by atoms with Crippen LogP contribution in [0.25, 0.3) is 0 Å². The average molecular weight is 476 g/mol. The van der Waals surface area contributed by atoms with Crippen LogP contribution in [0.5, 0.6) is 5.75 Å². The van der Waals surface area contributed by atoms with Gasteiger partial charge in [0.05, 0.1) is 5.69 Å². The summed E-state index contributed by atoms with van der Waals surface area (Å²) in [5.41, 5.74) is 1.86. The highest BCUT2D eigenvalue weighted by atomic mass is 19.1. The van der Waals surface area contributed by atoms with Gasteiger partial charge < -0.3 is 15.4 Å². The van der Waals surface area contributed by atoms with E-state index in [1.165, 1.54) is 6.07 Å². The second-order valence-corrected chi connectivity index (χ2v) is 7.59. The first kappa shape index (κ1) is 23.6. The maximum absolute atomic E-state index is 13.8. The van der Waals surface area contributed by atoms with Crippen LogP contribution in [0.2, 0.25) is 0 Å². The molecule has 0 spiro atoms. The molecule has 178 valence electrons. The molecule has 7 nitrogen and oxygen atoms in total. The van der Waals surface area contributed by atoms with Crippen LogP contribution in [0.4, 0.5) is 20.2 Å². The number of rotatable bonds is 8. The van der Waals surface area contributed by atoms with Crippen LogP contribution in [-0.4, -0.2) is 21.6 Å². The molecule has 3 aromatic carbocycles. The quantitative estimate of drug-likeness (QED) is 0.363. The van der Waals surface area contributed by atoms with Crippen LogP contribution in [0.3, 0.4) is 0 Å². The Labute approximate surface area is 200 Å². The van der Waals surface area contributed by atoms with E-state index in [1.54, 1.807) is 59.4 Å². The summed E-state index contributed by atoms with van der Waals surface area (Å²) < 4.78 is 33.8. The first-order valence-electron chi connectivity index (χ1n) is 10.8. The summed E-state index contributed by atoms with van der Waals surface area (Å²) >= 11 is 0. The summed E-state index contributed by atoms with van der Waals surface area (Å²) in [6.45, 7) is 2.35. The van der Waals surface area contributed by atoms with Crippen LogP contribution in [0.1, 0.15) is 33.3 Å². The van der Waals surface area contributed by atoms with Crippen molar-refractivity contribution in [3.63, 3.8) is 0 Å². The Morgan fingerprint density at radius 1 is 0.943 bits per heavy atom. The summed E-state index contributed by atoms with van der Waals surface area (Å²) in [6, 6.07) is 18.5. The van der Waals surface area contributed by atoms with Crippen molar-refractivity contribution in [3.8, 4) is 5.75 Å². The number of aromatic nitrogens is 2. The lowest BCUT2D eigenvalue weighted by atomic mass is 10.1. The van der Waals surface area contributed by atoms with Gasteiger partial charge in [-0.15, -0.1) is 0 Å². The molecule has 0 bridgehead atoms. The number of amides is 2. The first-order chi connectivity index (χ1) is 16.9. The van der Waals surface area contributed by atoms with E-state index < -0.39 is 23.4 Å². The molecule has 0 unspecified atom stereocenters. The molecule has 0 atom stereocenters. The normalized spacial score (nSPS) is 10.6. The van der Waals surface area contributed by atoms with Gasteiger partial charge in [-0.2, -0.15) is 5.10 Å². The number of aryl methyl sites for hydroxylation is 1. The second kappa shape index (κ2) is 10.6. The lowest BCUT2D eigenvalue weighted by Gasteiger charge is -2.09. The molecule has 2 amide bonds. The van der Waals surface area contributed by atoms with E-state index >= 15 is 0 Å². The SMILES string of the molecule is CCn1cc(NC(=O)c2cccc(COc3ccc(F)cc3F)c2)c(C(=O)Nc2ccccc2)n1. The molecule has 0 fully saturated rings. The molecule has 0 saturated carbocycles. The number of hydrogen-bond donors (Lipinski definition) is 2. The lowest BCUT2D eigenvalue weighted by molar-refractivity contribution is 0.102.